The molecular weight excluding hydrogens is 304 g/mol. The number of rotatable bonds is 6. The van der Waals surface area contributed by atoms with Gasteiger partial charge in [-0.15, -0.1) is 16.9 Å². The van der Waals surface area contributed by atoms with Crippen molar-refractivity contribution in [2.75, 3.05) is 5.75 Å². The molecule has 1 aromatic heterocycles. The first-order chi connectivity index (χ1) is 11.2. The van der Waals surface area contributed by atoms with Gasteiger partial charge < -0.3 is 0 Å². The number of para-hydroxylation sites is 1. The highest BCUT2D eigenvalue weighted by Gasteiger charge is 2.07. The summed E-state index contributed by atoms with van der Waals surface area (Å²) in [5, 5.41) is 12.1. The van der Waals surface area contributed by atoms with Gasteiger partial charge in [-0.3, -0.25) is 0 Å². The van der Waals surface area contributed by atoms with Gasteiger partial charge in [0.15, 0.2) is 5.82 Å². The lowest BCUT2D eigenvalue weighted by Crippen LogP contribution is -2.03. The zero-order valence-electron chi connectivity index (χ0n) is 13.4. The smallest absolute Gasteiger partial charge is 0.156 e. The minimum Gasteiger partial charge on any atom is -0.197 e. The molecule has 0 spiro atoms. The summed E-state index contributed by atoms with van der Waals surface area (Å²) in [7, 11) is 0. The first-order valence-corrected chi connectivity index (χ1v) is 8.75. The van der Waals surface area contributed by atoms with Crippen LogP contribution in [0.3, 0.4) is 0 Å². The van der Waals surface area contributed by atoms with Crippen molar-refractivity contribution in [3.63, 3.8) is 0 Å². The predicted molar refractivity (Wildman–Crippen MR) is 94.1 cm³/mol. The Balaban J connectivity index is 1.55. The van der Waals surface area contributed by atoms with Crippen molar-refractivity contribution in [3.05, 3.63) is 65.5 Å². The molecule has 3 rings (SSSR count). The molecule has 0 atom stereocenters. The van der Waals surface area contributed by atoms with E-state index >= 15 is 0 Å². The van der Waals surface area contributed by atoms with E-state index in [1.165, 1.54) is 16.0 Å². The first-order valence-electron chi connectivity index (χ1n) is 7.77. The summed E-state index contributed by atoms with van der Waals surface area (Å²) in [6.45, 7) is 4.31. The zero-order chi connectivity index (χ0) is 16.1. The van der Waals surface area contributed by atoms with Crippen LogP contribution in [0.4, 0.5) is 0 Å². The van der Waals surface area contributed by atoms with Crippen molar-refractivity contribution in [2.24, 2.45) is 0 Å². The van der Waals surface area contributed by atoms with Crippen LogP contribution in [0.2, 0.25) is 0 Å². The van der Waals surface area contributed by atoms with Crippen LogP contribution >= 0.6 is 11.8 Å². The van der Waals surface area contributed by atoms with E-state index in [1.807, 2.05) is 46.8 Å². The predicted octanol–water partition coefficient (Wildman–Crippen LogP) is 4.00. The molecule has 0 unspecified atom stereocenters. The van der Waals surface area contributed by atoms with Gasteiger partial charge in [-0.1, -0.05) is 24.3 Å². The van der Waals surface area contributed by atoms with Gasteiger partial charge in [-0.2, -0.15) is 4.68 Å². The van der Waals surface area contributed by atoms with Gasteiger partial charge in [0.25, 0.3) is 0 Å². The van der Waals surface area contributed by atoms with Crippen molar-refractivity contribution in [2.45, 2.75) is 31.6 Å². The van der Waals surface area contributed by atoms with E-state index in [-0.39, 0.29) is 0 Å². The lowest BCUT2D eigenvalue weighted by Gasteiger charge is -2.06. The number of nitrogens with zero attached hydrogens (tertiary/aromatic N) is 4. The van der Waals surface area contributed by atoms with Gasteiger partial charge >= 0.3 is 0 Å². The molecule has 0 N–H and O–H groups in total. The fourth-order valence-corrected chi connectivity index (χ4v) is 3.30. The highest BCUT2D eigenvalue weighted by Crippen LogP contribution is 2.22. The van der Waals surface area contributed by atoms with Crippen molar-refractivity contribution >= 4 is 11.8 Å². The maximum Gasteiger partial charge on any atom is 0.156 e. The summed E-state index contributed by atoms with van der Waals surface area (Å²) in [5.41, 5.74) is 3.70. The molecule has 2 aromatic carbocycles. The molecule has 5 heteroatoms. The number of hydrogen-bond acceptors (Lipinski definition) is 4. The highest BCUT2D eigenvalue weighted by atomic mass is 32.2. The molecule has 0 saturated carbocycles. The van der Waals surface area contributed by atoms with Crippen molar-refractivity contribution in [1.82, 2.24) is 20.2 Å². The van der Waals surface area contributed by atoms with Gasteiger partial charge in [0.05, 0.1) is 5.69 Å². The zero-order valence-corrected chi connectivity index (χ0v) is 14.3. The lowest BCUT2D eigenvalue weighted by molar-refractivity contribution is 0.747. The van der Waals surface area contributed by atoms with Crippen LogP contribution in [0.5, 0.6) is 0 Å². The molecular formula is C18H20N4S. The van der Waals surface area contributed by atoms with Crippen LogP contribution in [0, 0.1) is 13.8 Å². The molecule has 0 aliphatic rings. The SMILES string of the molecule is Cc1ccc(SCCCc2nnnn2-c2ccccc2)cc1C. The Bertz CT molecular complexity index is 768. The minimum atomic E-state index is 0.875. The van der Waals surface area contributed by atoms with Gasteiger partial charge in [0, 0.05) is 11.3 Å². The van der Waals surface area contributed by atoms with Crippen LogP contribution in [-0.2, 0) is 6.42 Å². The number of thioether (sulfide) groups is 1. The summed E-state index contributed by atoms with van der Waals surface area (Å²) >= 11 is 1.89. The Hall–Kier alpha value is -2.14. The quantitative estimate of drug-likeness (QED) is 0.508. The number of hydrogen-bond donors (Lipinski definition) is 0. The van der Waals surface area contributed by atoms with E-state index in [0.29, 0.717) is 0 Å². The molecule has 23 heavy (non-hydrogen) atoms. The topological polar surface area (TPSA) is 43.6 Å². The monoisotopic (exact) mass is 324 g/mol. The summed E-state index contributed by atoms with van der Waals surface area (Å²) in [4.78, 5) is 1.33. The van der Waals surface area contributed by atoms with Crippen LogP contribution < -0.4 is 0 Å². The van der Waals surface area contributed by atoms with E-state index in [2.05, 4.69) is 47.6 Å². The van der Waals surface area contributed by atoms with E-state index < -0.39 is 0 Å². The number of benzene rings is 2. The van der Waals surface area contributed by atoms with Gasteiger partial charge in [0.1, 0.15) is 0 Å². The molecule has 0 radical (unpaired) electrons. The molecule has 3 aromatic rings. The summed E-state index contributed by atoms with van der Waals surface area (Å²) in [6.07, 6.45) is 1.92. The number of aromatic nitrogens is 4. The Morgan fingerprint density at radius 3 is 2.61 bits per heavy atom. The Morgan fingerprint density at radius 2 is 1.83 bits per heavy atom. The summed E-state index contributed by atoms with van der Waals surface area (Å²) in [5.74, 6) is 1.97. The minimum absolute atomic E-state index is 0.875. The highest BCUT2D eigenvalue weighted by molar-refractivity contribution is 7.99. The van der Waals surface area contributed by atoms with Gasteiger partial charge in [0.2, 0.25) is 0 Å². The average Bonchev–Trinajstić information content (AvgIpc) is 3.04. The largest absolute Gasteiger partial charge is 0.197 e. The van der Waals surface area contributed by atoms with Crippen LogP contribution in [-0.4, -0.2) is 26.0 Å². The van der Waals surface area contributed by atoms with Crippen LogP contribution in [0.1, 0.15) is 23.4 Å². The van der Waals surface area contributed by atoms with E-state index in [0.717, 1.165) is 30.1 Å². The number of aryl methyl sites for hydroxylation is 3. The Labute approximate surface area is 140 Å². The third-order valence-corrected chi connectivity index (χ3v) is 4.91. The van der Waals surface area contributed by atoms with E-state index in [9.17, 15) is 0 Å². The second-order valence-electron chi connectivity index (χ2n) is 5.54. The first kappa shape index (κ1) is 15.7. The van der Waals surface area contributed by atoms with Crippen molar-refractivity contribution in [1.29, 1.82) is 0 Å². The molecule has 0 saturated heterocycles. The fourth-order valence-electron chi connectivity index (χ4n) is 2.36. The van der Waals surface area contributed by atoms with Gasteiger partial charge in [-0.05, 0) is 71.8 Å². The Kier molecular flexibility index (Phi) is 5.08. The molecule has 0 fully saturated rings. The molecule has 0 aliphatic heterocycles. The molecule has 0 aliphatic carbocycles. The fraction of sp³-hybridized carbons (Fsp3) is 0.278. The van der Waals surface area contributed by atoms with E-state index in [4.69, 9.17) is 0 Å². The van der Waals surface area contributed by atoms with Crippen LogP contribution in [0.25, 0.3) is 5.69 Å². The van der Waals surface area contributed by atoms with Crippen molar-refractivity contribution < 1.29 is 0 Å². The van der Waals surface area contributed by atoms with Crippen LogP contribution in [0.15, 0.2) is 53.4 Å². The third kappa shape index (κ3) is 3.99. The van der Waals surface area contributed by atoms with Crippen molar-refractivity contribution in [3.8, 4) is 5.69 Å². The molecule has 0 amide bonds. The van der Waals surface area contributed by atoms with Gasteiger partial charge in [-0.25, -0.2) is 0 Å². The maximum atomic E-state index is 4.16. The lowest BCUT2D eigenvalue weighted by atomic mass is 10.1. The maximum absolute atomic E-state index is 4.16. The summed E-state index contributed by atoms with van der Waals surface area (Å²) < 4.78 is 1.82. The number of tetrazole rings is 1. The average molecular weight is 324 g/mol. The summed E-state index contributed by atoms with van der Waals surface area (Å²) in [6, 6.07) is 16.7. The van der Waals surface area contributed by atoms with E-state index in [1.54, 1.807) is 0 Å². The molecule has 0 bridgehead atoms. The molecule has 1 heterocycles. The standard InChI is InChI=1S/C18H20N4S/c1-14-10-11-17(13-15(14)2)23-12-6-9-18-19-20-21-22(18)16-7-4-3-5-8-16/h3-5,7-8,10-11,13H,6,9,12H2,1-2H3. The second kappa shape index (κ2) is 7.42. The molecule has 4 nitrogen and oxygen atoms in total. The normalized spacial score (nSPS) is 10.9. The Morgan fingerprint density at radius 1 is 1.00 bits per heavy atom. The molecule has 118 valence electrons. The third-order valence-electron chi connectivity index (χ3n) is 3.83. The second-order valence-corrected chi connectivity index (χ2v) is 6.71.